The van der Waals surface area contributed by atoms with E-state index in [1.54, 1.807) is 16.6 Å². The van der Waals surface area contributed by atoms with Crippen LogP contribution in [0, 0.1) is 0 Å². The lowest BCUT2D eigenvalue weighted by Crippen LogP contribution is -2.37. The highest BCUT2D eigenvalue weighted by atomic mass is 35.5. The van der Waals surface area contributed by atoms with E-state index in [-0.39, 0.29) is 13.4 Å². The lowest BCUT2D eigenvalue weighted by Gasteiger charge is -2.22. The molecule has 0 aromatic carbocycles. The van der Waals surface area contributed by atoms with Gasteiger partial charge in [-0.25, -0.2) is 14.2 Å². The van der Waals surface area contributed by atoms with Crippen molar-refractivity contribution in [3.8, 4) is 17.4 Å². The number of halogens is 1. The summed E-state index contributed by atoms with van der Waals surface area (Å²) in [7, 11) is -1.49. The van der Waals surface area contributed by atoms with Crippen molar-refractivity contribution in [2.24, 2.45) is 0 Å². The van der Waals surface area contributed by atoms with Crippen LogP contribution in [0.15, 0.2) is 36.5 Å². The molecule has 3 aromatic rings. The molecule has 0 saturated carbocycles. The summed E-state index contributed by atoms with van der Waals surface area (Å²) in [5.74, 6) is 2.17. The molecule has 1 spiro atoms. The van der Waals surface area contributed by atoms with Crippen molar-refractivity contribution in [1.82, 2.24) is 9.97 Å². The van der Waals surface area contributed by atoms with Gasteiger partial charge in [0.05, 0.1) is 10.9 Å². The molecule has 28 heavy (non-hydrogen) atoms. The van der Waals surface area contributed by atoms with E-state index in [4.69, 9.17) is 25.8 Å². The average molecular weight is 434 g/mol. The predicted octanol–water partition coefficient (Wildman–Crippen LogP) is 3.24. The first-order valence-corrected chi connectivity index (χ1v) is 10.8. The van der Waals surface area contributed by atoms with Crippen LogP contribution >= 0.6 is 22.9 Å². The van der Waals surface area contributed by atoms with Gasteiger partial charge in [-0.3, -0.25) is 4.31 Å². The van der Waals surface area contributed by atoms with Gasteiger partial charge in [0, 0.05) is 22.7 Å². The van der Waals surface area contributed by atoms with E-state index in [2.05, 4.69) is 9.97 Å². The number of ether oxygens (including phenoxy) is 3. The van der Waals surface area contributed by atoms with Gasteiger partial charge in [-0.2, -0.15) is 0 Å². The van der Waals surface area contributed by atoms with Gasteiger partial charge in [0.25, 0.3) is 5.88 Å². The molecule has 10 heteroatoms. The number of thiophene rings is 1. The molecule has 0 N–H and O–H groups in total. The van der Waals surface area contributed by atoms with E-state index < -0.39 is 15.7 Å². The van der Waals surface area contributed by atoms with Gasteiger partial charge in [-0.05, 0) is 18.2 Å². The molecule has 0 fully saturated rings. The molecule has 0 bridgehead atoms. The molecule has 0 aliphatic carbocycles. The van der Waals surface area contributed by atoms with E-state index >= 15 is 0 Å². The number of hydrogen-bond acceptors (Lipinski definition) is 7. The normalized spacial score (nSPS) is 23.8. The second-order valence-electron chi connectivity index (χ2n) is 6.53. The molecular formula is C18H12ClN3O4S2. The molecule has 2 unspecified atom stereocenters. The first kappa shape index (κ1) is 16.6. The Kier molecular flexibility index (Phi) is 3.45. The maximum absolute atomic E-state index is 13.8. The Morgan fingerprint density at radius 3 is 3.04 bits per heavy atom. The highest BCUT2D eigenvalue weighted by Gasteiger charge is 2.58. The van der Waals surface area contributed by atoms with Gasteiger partial charge in [-0.1, -0.05) is 17.7 Å². The van der Waals surface area contributed by atoms with E-state index in [1.165, 1.54) is 11.3 Å². The van der Waals surface area contributed by atoms with Crippen molar-refractivity contribution in [3.63, 3.8) is 0 Å². The van der Waals surface area contributed by atoms with Crippen molar-refractivity contribution in [3.05, 3.63) is 57.0 Å². The van der Waals surface area contributed by atoms with Crippen molar-refractivity contribution >= 4 is 39.7 Å². The minimum Gasteiger partial charge on any atom is -0.489 e. The Morgan fingerprint density at radius 2 is 2.18 bits per heavy atom. The van der Waals surface area contributed by atoms with Crippen LogP contribution in [0.25, 0.3) is 0 Å². The number of hydrogen-bond donors (Lipinski definition) is 0. The molecule has 3 aliphatic heterocycles. The number of nitrogens with zero attached hydrogens (tertiary/aromatic N) is 3. The van der Waals surface area contributed by atoms with E-state index in [0.717, 1.165) is 10.4 Å². The largest absolute Gasteiger partial charge is 0.489 e. The van der Waals surface area contributed by atoms with Gasteiger partial charge in [0.1, 0.15) is 34.9 Å². The third-order valence-electron chi connectivity index (χ3n) is 5.03. The van der Waals surface area contributed by atoms with Crippen LogP contribution in [0.5, 0.6) is 17.4 Å². The van der Waals surface area contributed by atoms with Crippen LogP contribution in [0.3, 0.4) is 0 Å². The van der Waals surface area contributed by atoms with Gasteiger partial charge < -0.3 is 14.2 Å². The zero-order chi connectivity index (χ0) is 18.9. The molecule has 0 saturated heterocycles. The number of fused-ring (bicyclic) bond motifs is 5. The van der Waals surface area contributed by atoms with Gasteiger partial charge in [0.15, 0.2) is 10.5 Å². The van der Waals surface area contributed by atoms with Crippen molar-refractivity contribution in [2.75, 3.05) is 17.7 Å². The van der Waals surface area contributed by atoms with E-state index in [0.29, 0.717) is 39.8 Å². The smallest absolute Gasteiger partial charge is 0.260 e. The lowest BCUT2D eigenvalue weighted by molar-refractivity contribution is 0.170. The van der Waals surface area contributed by atoms with Crippen LogP contribution in [-0.2, 0) is 22.3 Å². The summed E-state index contributed by atoms with van der Waals surface area (Å²) >= 11 is 7.54. The standard InChI is InChI=1S/C18H12ClN3O4S2/c19-14-4-3-10(27-14)7-22-16-11(2-1-5-20-16)18(28(22)23)8-24-12-6-13-17(21-15(12)18)26-9-25-13/h1-6H,7-9H2. The first-order chi connectivity index (χ1) is 13.7. The summed E-state index contributed by atoms with van der Waals surface area (Å²) in [6.45, 7) is 0.769. The lowest BCUT2D eigenvalue weighted by atomic mass is 9.96. The zero-order valence-electron chi connectivity index (χ0n) is 14.3. The maximum atomic E-state index is 13.8. The molecule has 0 amide bonds. The molecule has 6 heterocycles. The Labute approximate surface area is 171 Å². The van der Waals surface area contributed by atoms with Gasteiger partial charge >= 0.3 is 0 Å². The molecular weight excluding hydrogens is 422 g/mol. The van der Waals surface area contributed by atoms with E-state index in [1.807, 2.05) is 24.3 Å². The van der Waals surface area contributed by atoms with Crippen LogP contribution in [0.4, 0.5) is 5.82 Å². The molecule has 3 aliphatic rings. The van der Waals surface area contributed by atoms with E-state index in [9.17, 15) is 4.21 Å². The number of pyridine rings is 2. The third-order valence-corrected chi connectivity index (χ3v) is 8.07. The number of aromatic nitrogens is 2. The summed E-state index contributed by atoms with van der Waals surface area (Å²) in [6.07, 6.45) is 1.70. The van der Waals surface area contributed by atoms with Crippen LogP contribution in [0.2, 0.25) is 4.34 Å². The summed E-state index contributed by atoms with van der Waals surface area (Å²) in [6, 6.07) is 9.31. The zero-order valence-corrected chi connectivity index (χ0v) is 16.6. The molecule has 6 rings (SSSR count). The van der Waals surface area contributed by atoms with Gasteiger partial charge in [0.2, 0.25) is 6.79 Å². The fourth-order valence-corrected chi connectivity index (χ4v) is 6.70. The summed E-state index contributed by atoms with van der Waals surface area (Å²) in [5, 5.41) is 0. The number of rotatable bonds is 2. The monoisotopic (exact) mass is 433 g/mol. The Bertz CT molecular complexity index is 1150. The van der Waals surface area contributed by atoms with Crippen molar-refractivity contribution < 1.29 is 18.4 Å². The molecule has 142 valence electrons. The second-order valence-corrected chi connectivity index (χ2v) is 9.96. The topological polar surface area (TPSA) is 73.8 Å². The second kappa shape index (κ2) is 5.82. The third kappa shape index (κ3) is 2.12. The molecule has 0 radical (unpaired) electrons. The highest BCUT2D eigenvalue weighted by Crippen LogP contribution is 2.55. The SMILES string of the molecule is O=S1N(Cc2ccc(Cl)s2)c2ncccc2C12COc1cc3c(nc12)OCO3. The Hall–Kier alpha value is -2.36. The summed E-state index contributed by atoms with van der Waals surface area (Å²) in [4.78, 5) is 10.2. The Balaban J connectivity index is 1.51. The maximum Gasteiger partial charge on any atom is 0.260 e. The molecule has 2 atom stereocenters. The van der Waals surface area contributed by atoms with Crippen molar-refractivity contribution in [2.45, 2.75) is 11.3 Å². The fourth-order valence-electron chi connectivity index (χ4n) is 3.79. The fraction of sp³-hybridized carbons (Fsp3) is 0.222. The Morgan fingerprint density at radius 1 is 1.25 bits per heavy atom. The van der Waals surface area contributed by atoms with Crippen LogP contribution in [-0.4, -0.2) is 27.6 Å². The van der Waals surface area contributed by atoms with Crippen LogP contribution in [0.1, 0.15) is 16.1 Å². The highest BCUT2D eigenvalue weighted by molar-refractivity contribution is 7.88. The predicted molar refractivity (Wildman–Crippen MR) is 105 cm³/mol. The molecule has 3 aromatic heterocycles. The molecule has 7 nitrogen and oxygen atoms in total. The average Bonchev–Trinajstić information content (AvgIpc) is 3.45. The minimum absolute atomic E-state index is 0.116. The van der Waals surface area contributed by atoms with Gasteiger partial charge in [-0.15, -0.1) is 11.3 Å². The van der Waals surface area contributed by atoms with Crippen molar-refractivity contribution in [1.29, 1.82) is 0 Å². The first-order valence-electron chi connectivity index (χ1n) is 8.50. The van der Waals surface area contributed by atoms with Crippen LogP contribution < -0.4 is 18.5 Å². The minimum atomic E-state index is -1.49. The quantitative estimate of drug-likeness (QED) is 0.617. The number of anilines is 1. The summed E-state index contributed by atoms with van der Waals surface area (Å²) in [5.41, 5.74) is 1.43. The summed E-state index contributed by atoms with van der Waals surface area (Å²) < 4.78 is 32.2.